The minimum absolute atomic E-state index is 0.0663. The number of ether oxygens (including phenoxy) is 2. The number of aliphatic hydroxyl groups excluding tert-OH is 1. The first-order valence-corrected chi connectivity index (χ1v) is 13.6. The van der Waals surface area contributed by atoms with E-state index in [2.05, 4.69) is 15.0 Å². The minimum Gasteiger partial charge on any atom is -0.575 e. The number of likely N-dealkylation sites (tertiary alicyclic amines) is 1. The van der Waals surface area contributed by atoms with Crippen LogP contribution < -0.4 is 25.2 Å². The number of nitrogens with zero attached hydrogens (tertiary/aromatic N) is 4. The molecule has 2 aliphatic heterocycles. The van der Waals surface area contributed by atoms with Crippen molar-refractivity contribution in [3.63, 3.8) is 0 Å². The van der Waals surface area contributed by atoms with Crippen molar-refractivity contribution in [1.29, 1.82) is 0 Å². The molecule has 2 aromatic rings. The fraction of sp³-hybridized carbons (Fsp3) is 0.500. The van der Waals surface area contributed by atoms with Crippen LogP contribution in [0.15, 0.2) is 46.1 Å². The van der Waals surface area contributed by atoms with Gasteiger partial charge in [0, 0.05) is 6.20 Å². The molecular weight excluding hydrogens is 571 g/mol. The third-order valence-electron chi connectivity index (χ3n) is 6.59. The highest BCUT2D eigenvalue weighted by atomic mass is 31.1. The van der Waals surface area contributed by atoms with Crippen LogP contribution in [0.2, 0.25) is 0 Å². The van der Waals surface area contributed by atoms with Crippen LogP contribution in [0.5, 0.6) is 11.5 Å². The van der Waals surface area contributed by atoms with Crippen LogP contribution >= 0.6 is 8.17 Å². The van der Waals surface area contributed by atoms with E-state index in [1.807, 2.05) is 4.90 Å². The Kier molecular flexibility index (Phi) is 9.29. The van der Waals surface area contributed by atoms with E-state index in [1.165, 1.54) is 37.3 Å². The van der Waals surface area contributed by atoms with Gasteiger partial charge in [0.1, 0.15) is 18.5 Å². The maximum Gasteiger partial charge on any atom is 0.395 e. The van der Waals surface area contributed by atoms with Crippen LogP contribution in [-0.2, 0) is 14.3 Å². The molecule has 0 saturated carbocycles. The molecule has 6 atom stereocenters. The second-order valence-corrected chi connectivity index (χ2v) is 10.4. The standard InChI is InChI=1S/C24H28F2N5O9P/c1-13(21(34)35)29-41(37)40-16-8-4-3-7-15(16)38-12-17-19(32)24(25,26)22(39-17)31-11-9-18(28-23(31)36)27-20(33)14-6-5-10-30(14)2/h3-4,7-9,11,13-14,17,19,22,32H,5-6,10,12H2,1-2H3,(H,34,35)(H,27,28,33,36)/t13-,14+,17-,19-,22-/m1/s1. The van der Waals surface area contributed by atoms with Gasteiger partial charge in [0.15, 0.2) is 17.9 Å². The van der Waals surface area contributed by atoms with Gasteiger partial charge in [-0.3, -0.25) is 18.8 Å². The number of aliphatic hydroxyl groups is 1. The van der Waals surface area contributed by atoms with Gasteiger partial charge in [0.05, 0.1) is 6.04 Å². The molecule has 1 unspecified atom stereocenters. The Bertz CT molecular complexity index is 1380. The minimum atomic E-state index is -3.93. The predicted molar refractivity (Wildman–Crippen MR) is 137 cm³/mol. The molecule has 3 heterocycles. The van der Waals surface area contributed by atoms with Gasteiger partial charge in [0.25, 0.3) is 0 Å². The highest BCUT2D eigenvalue weighted by Gasteiger charge is 2.60. The van der Waals surface area contributed by atoms with E-state index in [4.69, 9.17) is 19.1 Å². The molecule has 17 heteroatoms. The SMILES string of the molecule is C[C@@H](N=[P+]([O-])Oc1ccccc1OC[C@H]1O[C@@H](n2ccc(NC(=O)[C@@H]3CCCN3C)nc2=O)C(F)(F)[C@@H]1O)C(=O)O. The summed E-state index contributed by atoms with van der Waals surface area (Å²) in [6.45, 7) is 1.32. The highest BCUT2D eigenvalue weighted by molar-refractivity contribution is 7.34. The summed E-state index contributed by atoms with van der Waals surface area (Å²) in [5.41, 5.74) is -1.14. The van der Waals surface area contributed by atoms with Crippen LogP contribution in [0.4, 0.5) is 14.6 Å². The van der Waals surface area contributed by atoms with Crippen molar-refractivity contribution in [1.82, 2.24) is 14.5 Å². The number of hydrogen-bond acceptors (Lipinski definition) is 11. The van der Waals surface area contributed by atoms with Gasteiger partial charge in [-0.2, -0.15) is 13.8 Å². The van der Waals surface area contributed by atoms with Crippen molar-refractivity contribution in [2.75, 3.05) is 25.5 Å². The molecule has 2 saturated heterocycles. The van der Waals surface area contributed by atoms with E-state index < -0.39 is 62.9 Å². The Labute approximate surface area is 233 Å². The van der Waals surface area contributed by atoms with Crippen LogP contribution in [0.3, 0.4) is 0 Å². The molecule has 0 aliphatic carbocycles. The fourth-order valence-corrected chi connectivity index (χ4v) is 5.08. The molecule has 0 spiro atoms. The van der Waals surface area contributed by atoms with E-state index in [0.717, 1.165) is 19.2 Å². The Morgan fingerprint density at radius 2 is 2.05 bits per heavy atom. The van der Waals surface area contributed by atoms with Crippen molar-refractivity contribution in [2.45, 2.75) is 56.2 Å². The van der Waals surface area contributed by atoms with Crippen molar-refractivity contribution in [3.8, 4) is 11.5 Å². The van der Waals surface area contributed by atoms with Crippen molar-refractivity contribution in [2.24, 2.45) is 4.74 Å². The third-order valence-corrected chi connectivity index (χ3v) is 7.48. The molecule has 1 aromatic carbocycles. The number of hydrogen-bond donors (Lipinski definition) is 3. The Balaban J connectivity index is 1.44. The Hall–Kier alpha value is -3.56. The molecule has 4 rings (SSSR count). The number of rotatable bonds is 10. The summed E-state index contributed by atoms with van der Waals surface area (Å²) in [6.07, 6.45) is -3.76. The molecule has 0 bridgehead atoms. The van der Waals surface area contributed by atoms with Crippen LogP contribution in [0.1, 0.15) is 26.0 Å². The lowest BCUT2D eigenvalue weighted by molar-refractivity contribution is -0.169. The zero-order chi connectivity index (χ0) is 29.9. The summed E-state index contributed by atoms with van der Waals surface area (Å²) < 4.78 is 50.0. The molecule has 2 aliphatic rings. The van der Waals surface area contributed by atoms with E-state index in [1.54, 1.807) is 7.05 Å². The Morgan fingerprint density at radius 3 is 2.68 bits per heavy atom. The van der Waals surface area contributed by atoms with Crippen molar-refractivity contribution >= 4 is 25.9 Å². The number of benzene rings is 1. The van der Waals surface area contributed by atoms with Gasteiger partial charge in [-0.15, -0.1) is 0 Å². The zero-order valence-corrected chi connectivity index (χ0v) is 22.8. The maximum absolute atomic E-state index is 15.0. The van der Waals surface area contributed by atoms with E-state index in [9.17, 15) is 24.4 Å². The number of para-hydroxylation sites is 2. The van der Waals surface area contributed by atoms with Crippen LogP contribution in [0.25, 0.3) is 0 Å². The monoisotopic (exact) mass is 599 g/mol. The topological polar surface area (TPSA) is 188 Å². The van der Waals surface area contributed by atoms with Gasteiger partial charge in [0.2, 0.25) is 17.9 Å². The molecule has 222 valence electrons. The average Bonchev–Trinajstić information content (AvgIpc) is 3.44. The molecular formula is C24H28F2N5O9P. The second-order valence-electron chi connectivity index (χ2n) is 9.49. The van der Waals surface area contributed by atoms with Gasteiger partial charge >= 0.3 is 25.7 Å². The number of amides is 1. The van der Waals surface area contributed by atoms with E-state index in [-0.39, 0.29) is 23.2 Å². The summed E-state index contributed by atoms with van der Waals surface area (Å²) in [5.74, 6) is -5.91. The fourth-order valence-electron chi connectivity index (χ4n) is 4.33. The van der Waals surface area contributed by atoms with Gasteiger partial charge in [-0.05, 0) is 51.6 Å². The van der Waals surface area contributed by atoms with E-state index >= 15 is 8.78 Å². The summed E-state index contributed by atoms with van der Waals surface area (Å²) in [4.78, 5) is 53.6. The number of likely N-dealkylation sites (N-methyl/N-ethyl adjacent to an activating group) is 1. The van der Waals surface area contributed by atoms with Crippen molar-refractivity contribution in [3.05, 3.63) is 47.0 Å². The normalized spacial score (nSPS) is 25.1. The number of nitrogens with one attached hydrogen (secondary N) is 1. The van der Waals surface area contributed by atoms with Crippen LogP contribution in [0, 0.1) is 0 Å². The summed E-state index contributed by atoms with van der Waals surface area (Å²) in [7, 11) is -1.01. The van der Waals surface area contributed by atoms with Gasteiger partial charge < -0.3 is 29.9 Å². The summed E-state index contributed by atoms with van der Waals surface area (Å²) in [5, 5.41) is 21.7. The first-order valence-electron chi connectivity index (χ1n) is 12.5. The van der Waals surface area contributed by atoms with Crippen LogP contribution in [-0.4, -0.2) is 87.0 Å². The quantitative estimate of drug-likeness (QED) is 0.330. The highest BCUT2D eigenvalue weighted by Crippen LogP contribution is 2.43. The van der Waals surface area contributed by atoms with E-state index in [0.29, 0.717) is 11.0 Å². The smallest absolute Gasteiger partial charge is 0.395 e. The van der Waals surface area contributed by atoms with Gasteiger partial charge in [-0.25, -0.2) is 9.59 Å². The summed E-state index contributed by atoms with van der Waals surface area (Å²) >= 11 is 0. The number of aromatic nitrogens is 2. The predicted octanol–water partition coefficient (Wildman–Crippen LogP) is 0.956. The average molecular weight is 599 g/mol. The lowest BCUT2D eigenvalue weighted by Gasteiger charge is -2.21. The second kappa shape index (κ2) is 12.5. The number of carboxylic acid groups (broad SMARTS) is 1. The van der Waals surface area contributed by atoms with Gasteiger partial charge in [-0.1, -0.05) is 16.9 Å². The number of alkyl halides is 2. The maximum atomic E-state index is 15.0. The number of carbonyl (C=O) groups is 2. The number of halogens is 2. The lowest BCUT2D eigenvalue weighted by atomic mass is 10.1. The number of carbonyl (C=O) groups excluding carboxylic acids is 1. The first-order chi connectivity index (χ1) is 19.4. The molecule has 1 aromatic heterocycles. The first kappa shape index (κ1) is 30.4. The summed E-state index contributed by atoms with van der Waals surface area (Å²) in [6, 6.07) is 5.18. The Morgan fingerprint density at radius 1 is 1.34 bits per heavy atom. The lowest BCUT2D eigenvalue weighted by Crippen LogP contribution is -2.42. The molecule has 2 fully saturated rings. The molecule has 1 amide bonds. The number of aliphatic carboxylic acids is 1. The number of anilines is 1. The zero-order valence-electron chi connectivity index (χ0n) is 21.9. The molecule has 14 nitrogen and oxygen atoms in total. The molecule has 3 N–H and O–H groups in total. The third kappa shape index (κ3) is 6.85. The molecule has 41 heavy (non-hydrogen) atoms. The largest absolute Gasteiger partial charge is 0.575 e. The van der Waals surface area contributed by atoms with Crippen molar-refractivity contribution < 1.29 is 47.5 Å². The molecule has 0 radical (unpaired) electrons. The number of carboxylic acids is 1.